The molecule has 1 aromatic carbocycles. The quantitative estimate of drug-likeness (QED) is 0.670. The van der Waals surface area contributed by atoms with Gasteiger partial charge < -0.3 is 15.0 Å². The Morgan fingerprint density at radius 3 is 2.57 bits per heavy atom. The van der Waals surface area contributed by atoms with Crippen LogP contribution in [0.25, 0.3) is 0 Å². The molecule has 21 heavy (non-hydrogen) atoms. The number of morpholine rings is 1. The maximum atomic E-state index is 12.2. The molecule has 1 N–H and O–H groups in total. The molecule has 0 saturated carbocycles. The van der Waals surface area contributed by atoms with Crippen molar-refractivity contribution in [1.82, 2.24) is 4.90 Å². The molecule has 0 aromatic heterocycles. The van der Waals surface area contributed by atoms with Gasteiger partial charge in [0.15, 0.2) is 0 Å². The van der Waals surface area contributed by atoms with Crippen LogP contribution < -0.4 is 5.32 Å². The number of rotatable bonds is 2. The first-order chi connectivity index (χ1) is 9.86. The van der Waals surface area contributed by atoms with Crippen LogP contribution in [0.1, 0.15) is 19.4 Å². The molecule has 1 aromatic rings. The number of nitro groups is 1. The van der Waals surface area contributed by atoms with Gasteiger partial charge in [-0.2, -0.15) is 0 Å². The van der Waals surface area contributed by atoms with Crippen LogP contribution in [-0.2, 0) is 4.74 Å². The number of urea groups is 1. The first kappa shape index (κ1) is 15.2. The lowest BCUT2D eigenvalue weighted by atomic mass is 10.2. The minimum absolute atomic E-state index is 0.00323. The van der Waals surface area contributed by atoms with Gasteiger partial charge in [0, 0.05) is 30.4 Å². The second kappa shape index (κ2) is 6.09. The molecule has 1 aliphatic heterocycles. The predicted molar refractivity (Wildman–Crippen MR) is 78.4 cm³/mol. The minimum Gasteiger partial charge on any atom is -0.372 e. The molecule has 0 bridgehead atoms. The molecule has 0 unspecified atom stereocenters. The summed E-state index contributed by atoms with van der Waals surface area (Å²) in [5.74, 6) is 0. The van der Waals surface area contributed by atoms with Gasteiger partial charge in [-0.25, -0.2) is 4.79 Å². The highest BCUT2D eigenvalue weighted by atomic mass is 16.6. The van der Waals surface area contributed by atoms with Gasteiger partial charge in [-0.15, -0.1) is 0 Å². The molecular weight excluding hydrogens is 274 g/mol. The Balaban J connectivity index is 2.09. The molecule has 2 amide bonds. The average molecular weight is 293 g/mol. The van der Waals surface area contributed by atoms with Crippen molar-refractivity contribution < 1.29 is 14.5 Å². The Bertz CT molecular complexity index is 551. The standard InChI is InChI=1S/C14H19N3O4/c1-9-4-5-12(6-13(9)17(19)20)15-14(18)16-7-10(2)21-11(3)8-16/h4-6,10-11H,7-8H2,1-3H3,(H,15,18)/t10-,11+. The molecule has 1 aliphatic rings. The number of aryl methyl sites for hydroxylation is 1. The van der Waals surface area contributed by atoms with E-state index in [4.69, 9.17) is 4.74 Å². The molecule has 114 valence electrons. The highest BCUT2D eigenvalue weighted by Gasteiger charge is 2.26. The van der Waals surface area contributed by atoms with Crippen molar-refractivity contribution in [3.8, 4) is 0 Å². The van der Waals surface area contributed by atoms with Gasteiger partial charge >= 0.3 is 6.03 Å². The number of carbonyl (C=O) groups excluding carboxylic acids is 1. The summed E-state index contributed by atoms with van der Waals surface area (Å²) in [6.07, 6.45) is -0.0429. The maximum absolute atomic E-state index is 12.2. The van der Waals surface area contributed by atoms with Gasteiger partial charge in [0.25, 0.3) is 5.69 Å². The zero-order chi connectivity index (χ0) is 15.6. The van der Waals surface area contributed by atoms with Crippen molar-refractivity contribution in [3.05, 3.63) is 33.9 Å². The van der Waals surface area contributed by atoms with Crippen molar-refractivity contribution >= 4 is 17.4 Å². The van der Waals surface area contributed by atoms with Crippen LogP contribution in [0.2, 0.25) is 0 Å². The lowest BCUT2D eigenvalue weighted by Gasteiger charge is -2.35. The van der Waals surface area contributed by atoms with Gasteiger partial charge in [0.05, 0.1) is 17.1 Å². The van der Waals surface area contributed by atoms with Gasteiger partial charge in [0.1, 0.15) is 0 Å². The monoisotopic (exact) mass is 293 g/mol. The number of hydrogen-bond donors (Lipinski definition) is 1. The average Bonchev–Trinajstić information content (AvgIpc) is 2.39. The van der Waals surface area contributed by atoms with Gasteiger partial charge in [-0.05, 0) is 26.8 Å². The molecular formula is C14H19N3O4. The molecule has 2 rings (SSSR count). The Labute approximate surface area is 123 Å². The number of nitro benzene ring substituents is 1. The van der Waals surface area contributed by atoms with Gasteiger partial charge in [-0.1, -0.05) is 6.07 Å². The number of anilines is 1. The van der Waals surface area contributed by atoms with Crippen molar-refractivity contribution in [3.63, 3.8) is 0 Å². The van der Waals surface area contributed by atoms with Crippen LogP contribution in [0.15, 0.2) is 18.2 Å². The first-order valence-corrected chi connectivity index (χ1v) is 6.83. The van der Waals surface area contributed by atoms with E-state index < -0.39 is 4.92 Å². The number of ether oxygens (including phenoxy) is 1. The summed E-state index contributed by atoms with van der Waals surface area (Å²) in [5, 5.41) is 13.6. The van der Waals surface area contributed by atoms with Crippen LogP contribution in [0.3, 0.4) is 0 Å². The summed E-state index contributed by atoms with van der Waals surface area (Å²) >= 11 is 0. The van der Waals surface area contributed by atoms with Crippen molar-refractivity contribution in [2.45, 2.75) is 33.0 Å². The molecule has 0 spiro atoms. The topological polar surface area (TPSA) is 84.7 Å². The van der Waals surface area contributed by atoms with E-state index in [-0.39, 0.29) is 23.9 Å². The number of amides is 2. The van der Waals surface area contributed by atoms with Crippen molar-refractivity contribution in [2.24, 2.45) is 0 Å². The number of nitrogens with one attached hydrogen (secondary N) is 1. The third kappa shape index (κ3) is 3.69. The molecule has 1 saturated heterocycles. The van der Waals surface area contributed by atoms with Crippen LogP contribution in [0, 0.1) is 17.0 Å². The summed E-state index contributed by atoms with van der Waals surface area (Å²) in [5.41, 5.74) is 0.979. The summed E-state index contributed by atoms with van der Waals surface area (Å²) < 4.78 is 5.57. The van der Waals surface area contributed by atoms with Gasteiger partial charge in [-0.3, -0.25) is 10.1 Å². The Morgan fingerprint density at radius 2 is 2.00 bits per heavy atom. The number of benzene rings is 1. The fraction of sp³-hybridized carbons (Fsp3) is 0.500. The maximum Gasteiger partial charge on any atom is 0.322 e. The third-order valence-electron chi connectivity index (χ3n) is 3.36. The van der Waals surface area contributed by atoms with E-state index in [9.17, 15) is 14.9 Å². The fourth-order valence-corrected chi connectivity index (χ4v) is 2.43. The Hall–Kier alpha value is -2.15. The highest BCUT2D eigenvalue weighted by Crippen LogP contribution is 2.23. The van der Waals surface area contributed by atoms with Crippen LogP contribution in [0.5, 0.6) is 0 Å². The molecule has 1 fully saturated rings. The zero-order valence-electron chi connectivity index (χ0n) is 12.3. The number of carbonyl (C=O) groups is 1. The van der Waals surface area contributed by atoms with E-state index in [1.165, 1.54) is 6.07 Å². The van der Waals surface area contributed by atoms with Crippen LogP contribution >= 0.6 is 0 Å². The highest BCUT2D eigenvalue weighted by molar-refractivity contribution is 5.89. The van der Waals surface area contributed by atoms with Gasteiger partial charge in [0.2, 0.25) is 0 Å². The second-order valence-corrected chi connectivity index (χ2v) is 5.35. The van der Waals surface area contributed by atoms with E-state index in [1.807, 2.05) is 13.8 Å². The van der Waals surface area contributed by atoms with E-state index >= 15 is 0 Å². The Morgan fingerprint density at radius 1 is 1.38 bits per heavy atom. The summed E-state index contributed by atoms with van der Waals surface area (Å²) in [7, 11) is 0. The molecule has 7 heteroatoms. The zero-order valence-corrected chi connectivity index (χ0v) is 12.3. The van der Waals surface area contributed by atoms with E-state index in [2.05, 4.69) is 5.32 Å². The van der Waals surface area contributed by atoms with Crippen LogP contribution in [0.4, 0.5) is 16.2 Å². The normalized spacial score (nSPS) is 22.0. The molecule has 2 atom stereocenters. The summed E-state index contributed by atoms with van der Waals surface area (Å²) in [6, 6.07) is 4.39. The summed E-state index contributed by atoms with van der Waals surface area (Å²) in [6.45, 7) is 6.49. The van der Waals surface area contributed by atoms with Crippen molar-refractivity contribution in [1.29, 1.82) is 0 Å². The van der Waals surface area contributed by atoms with E-state index in [0.29, 0.717) is 24.3 Å². The minimum atomic E-state index is -0.454. The van der Waals surface area contributed by atoms with E-state index in [1.54, 1.807) is 24.0 Å². The smallest absolute Gasteiger partial charge is 0.322 e. The fourth-order valence-electron chi connectivity index (χ4n) is 2.43. The Kier molecular flexibility index (Phi) is 4.42. The summed E-state index contributed by atoms with van der Waals surface area (Å²) in [4.78, 5) is 24.3. The second-order valence-electron chi connectivity index (χ2n) is 5.35. The van der Waals surface area contributed by atoms with Crippen LogP contribution in [-0.4, -0.2) is 41.2 Å². The number of nitrogens with zero attached hydrogens (tertiary/aromatic N) is 2. The van der Waals surface area contributed by atoms with Crippen molar-refractivity contribution in [2.75, 3.05) is 18.4 Å². The third-order valence-corrected chi connectivity index (χ3v) is 3.36. The first-order valence-electron chi connectivity index (χ1n) is 6.83. The van der Waals surface area contributed by atoms with E-state index in [0.717, 1.165) is 0 Å². The molecule has 1 heterocycles. The number of hydrogen-bond acceptors (Lipinski definition) is 4. The molecule has 7 nitrogen and oxygen atoms in total. The lowest BCUT2D eigenvalue weighted by molar-refractivity contribution is -0.385. The SMILES string of the molecule is Cc1ccc(NC(=O)N2C[C@@H](C)O[C@@H](C)C2)cc1[N+](=O)[O-]. The molecule has 0 radical (unpaired) electrons. The molecule has 0 aliphatic carbocycles. The lowest BCUT2D eigenvalue weighted by Crippen LogP contribution is -2.49. The largest absolute Gasteiger partial charge is 0.372 e. The predicted octanol–water partition coefficient (Wildman–Crippen LogP) is 2.54.